The molecule has 2 rings (SSSR count). The van der Waals surface area contributed by atoms with Gasteiger partial charge in [0.1, 0.15) is 12.4 Å². The van der Waals surface area contributed by atoms with E-state index in [2.05, 4.69) is 17.4 Å². The largest absolute Gasteiger partial charge is 0.491 e. The summed E-state index contributed by atoms with van der Waals surface area (Å²) >= 11 is 0. The molecule has 4 heteroatoms. The van der Waals surface area contributed by atoms with Gasteiger partial charge in [0, 0.05) is 13.1 Å². The Labute approximate surface area is 150 Å². The summed E-state index contributed by atoms with van der Waals surface area (Å²) in [5, 5.41) is 3.04. The normalized spacial score (nSPS) is 11.6. The van der Waals surface area contributed by atoms with Gasteiger partial charge in [0.25, 0.3) is 0 Å². The Morgan fingerprint density at radius 2 is 1.80 bits per heavy atom. The van der Waals surface area contributed by atoms with Gasteiger partial charge in [-0.15, -0.1) is 0 Å². The van der Waals surface area contributed by atoms with Crippen molar-refractivity contribution in [2.75, 3.05) is 20.2 Å². The first kappa shape index (κ1) is 18.8. The zero-order chi connectivity index (χ0) is 18.1. The van der Waals surface area contributed by atoms with Gasteiger partial charge in [-0.05, 0) is 43.9 Å². The van der Waals surface area contributed by atoms with Gasteiger partial charge < -0.3 is 15.0 Å². The molecular formula is C21H28N2O2. The molecule has 2 amide bonds. The summed E-state index contributed by atoms with van der Waals surface area (Å²) in [5.74, 6) is 0.868. The third kappa shape index (κ3) is 6.49. The standard InChI is InChI=1S/C21H28N2O2/c1-17-9-7-8-12-20(17)25-16-15-23(3)21(24)22-18(2)13-14-19-10-5-4-6-11-19/h4-12,18H,13-16H2,1-3H3,(H,22,24)/t18-/m0/s1. The first-order chi connectivity index (χ1) is 12.1. The van der Waals surface area contributed by atoms with Crippen molar-refractivity contribution in [2.24, 2.45) is 0 Å². The van der Waals surface area contributed by atoms with Crippen LogP contribution in [0.3, 0.4) is 0 Å². The molecule has 0 saturated heterocycles. The number of hydrogen-bond donors (Lipinski definition) is 1. The van der Waals surface area contributed by atoms with Crippen molar-refractivity contribution >= 4 is 6.03 Å². The molecule has 0 fully saturated rings. The van der Waals surface area contributed by atoms with E-state index in [-0.39, 0.29) is 12.1 Å². The molecule has 0 radical (unpaired) electrons. The Balaban J connectivity index is 1.68. The lowest BCUT2D eigenvalue weighted by atomic mass is 10.1. The Bertz CT molecular complexity index is 658. The number of para-hydroxylation sites is 1. The predicted octanol–water partition coefficient (Wildman–Crippen LogP) is 4.04. The number of aryl methyl sites for hydroxylation is 2. The molecule has 4 nitrogen and oxygen atoms in total. The SMILES string of the molecule is Cc1ccccc1OCCN(C)C(=O)N[C@@H](C)CCc1ccccc1. The maximum atomic E-state index is 12.2. The fraction of sp³-hybridized carbons (Fsp3) is 0.381. The molecule has 0 unspecified atom stereocenters. The van der Waals surface area contributed by atoms with Crippen LogP contribution in [0.25, 0.3) is 0 Å². The Kier molecular flexibility index (Phi) is 7.33. The molecule has 0 saturated carbocycles. The first-order valence-electron chi connectivity index (χ1n) is 8.80. The Morgan fingerprint density at radius 3 is 2.52 bits per heavy atom. The minimum Gasteiger partial charge on any atom is -0.491 e. The smallest absolute Gasteiger partial charge is 0.317 e. The molecule has 25 heavy (non-hydrogen) atoms. The molecule has 0 aliphatic carbocycles. The minimum absolute atomic E-state index is 0.0612. The lowest BCUT2D eigenvalue weighted by Gasteiger charge is -2.21. The number of benzene rings is 2. The second-order valence-electron chi connectivity index (χ2n) is 6.41. The van der Waals surface area contributed by atoms with Crippen LogP contribution in [0.1, 0.15) is 24.5 Å². The van der Waals surface area contributed by atoms with E-state index in [0.29, 0.717) is 13.2 Å². The number of carbonyl (C=O) groups is 1. The number of carbonyl (C=O) groups excluding carboxylic acids is 1. The number of rotatable bonds is 8. The molecule has 134 valence electrons. The Hall–Kier alpha value is -2.49. The van der Waals surface area contributed by atoms with E-state index in [0.717, 1.165) is 24.2 Å². The monoisotopic (exact) mass is 340 g/mol. The molecule has 0 heterocycles. The summed E-state index contributed by atoms with van der Waals surface area (Å²) in [6.07, 6.45) is 1.88. The van der Waals surface area contributed by atoms with E-state index in [1.54, 1.807) is 11.9 Å². The number of amides is 2. The van der Waals surface area contributed by atoms with Crippen LogP contribution in [-0.4, -0.2) is 37.2 Å². The summed E-state index contributed by atoms with van der Waals surface area (Å²) in [4.78, 5) is 13.9. The van der Waals surface area contributed by atoms with E-state index >= 15 is 0 Å². The van der Waals surface area contributed by atoms with Crippen LogP contribution in [-0.2, 0) is 6.42 Å². The molecular weight excluding hydrogens is 312 g/mol. The quantitative estimate of drug-likeness (QED) is 0.788. The lowest BCUT2D eigenvalue weighted by molar-refractivity contribution is 0.191. The highest BCUT2D eigenvalue weighted by molar-refractivity contribution is 5.74. The van der Waals surface area contributed by atoms with Gasteiger partial charge in [0.15, 0.2) is 0 Å². The van der Waals surface area contributed by atoms with Crippen molar-refractivity contribution < 1.29 is 9.53 Å². The van der Waals surface area contributed by atoms with E-state index < -0.39 is 0 Å². The molecule has 0 bridgehead atoms. The van der Waals surface area contributed by atoms with Crippen molar-refractivity contribution in [2.45, 2.75) is 32.7 Å². The van der Waals surface area contributed by atoms with Crippen LogP contribution in [0.15, 0.2) is 54.6 Å². The zero-order valence-electron chi connectivity index (χ0n) is 15.4. The number of hydrogen-bond acceptors (Lipinski definition) is 2. The average molecular weight is 340 g/mol. The van der Waals surface area contributed by atoms with E-state index in [9.17, 15) is 4.79 Å². The van der Waals surface area contributed by atoms with Gasteiger partial charge >= 0.3 is 6.03 Å². The zero-order valence-corrected chi connectivity index (χ0v) is 15.4. The fourth-order valence-electron chi connectivity index (χ4n) is 2.53. The Morgan fingerprint density at radius 1 is 1.12 bits per heavy atom. The van der Waals surface area contributed by atoms with E-state index in [1.165, 1.54) is 5.56 Å². The number of ether oxygens (including phenoxy) is 1. The predicted molar refractivity (Wildman–Crippen MR) is 102 cm³/mol. The van der Waals surface area contributed by atoms with Crippen LogP contribution in [0, 0.1) is 6.92 Å². The highest BCUT2D eigenvalue weighted by atomic mass is 16.5. The van der Waals surface area contributed by atoms with Gasteiger partial charge in [-0.25, -0.2) is 4.79 Å². The molecule has 0 spiro atoms. The maximum Gasteiger partial charge on any atom is 0.317 e. The molecule has 0 aliphatic heterocycles. The molecule has 0 aromatic heterocycles. The molecule has 1 atom stereocenters. The van der Waals surface area contributed by atoms with Gasteiger partial charge in [0.05, 0.1) is 6.54 Å². The summed E-state index contributed by atoms with van der Waals surface area (Å²) in [7, 11) is 1.79. The molecule has 2 aromatic carbocycles. The second-order valence-corrected chi connectivity index (χ2v) is 6.41. The summed E-state index contributed by atoms with van der Waals surface area (Å²) < 4.78 is 5.75. The van der Waals surface area contributed by atoms with Crippen molar-refractivity contribution in [3.63, 3.8) is 0 Å². The van der Waals surface area contributed by atoms with Crippen LogP contribution in [0.2, 0.25) is 0 Å². The highest BCUT2D eigenvalue weighted by Crippen LogP contribution is 2.15. The third-order valence-corrected chi connectivity index (χ3v) is 4.20. The number of likely N-dealkylation sites (N-methyl/N-ethyl adjacent to an activating group) is 1. The van der Waals surface area contributed by atoms with Crippen LogP contribution in [0.5, 0.6) is 5.75 Å². The summed E-state index contributed by atoms with van der Waals surface area (Å²) in [5.41, 5.74) is 2.40. The molecule has 2 aromatic rings. The fourth-order valence-corrected chi connectivity index (χ4v) is 2.53. The van der Waals surface area contributed by atoms with Gasteiger partial charge in [-0.1, -0.05) is 48.5 Å². The van der Waals surface area contributed by atoms with Crippen molar-refractivity contribution in [1.29, 1.82) is 0 Å². The van der Waals surface area contributed by atoms with Crippen molar-refractivity contribution in [1.82, 2.24) is 10.2 Å². The van der Waals surface area contributed by atoms with Gasteiger partial charge in [-0.2, -0.15) is 0 Å². The lowest BCUT2D eigenvalue weighted by Crippen LogP contribution is -2.43. The first-order valence-corrected chi connectivity index (χ1v) is 8.80. The van der Waals surface area contributed by atoms with Crippen LogP contribution in [0.4, 0.5) is 4.79 Å². The third-order valence-electron chi connectivity index (χ3n) is 4.20. The number of nitrogens with zero attached hydrogens (tertiary/aromatic N) is 1. The van der Waals surface area contributed by atoms with Crippen molar-refractivity contribution in [3.8, 4) is 5.75 Å². The topological polar surface area (TPSA) is 41.6 Å². The summed E-state index contributed by atoms with van der Waals surface area (Å²) in [6, 6.07) is 18.3. The summed E-state index contributed by atoms with van der Waals surface area (Å²) in [6.45, 7) is 5.08. The van der Waals surface area contributed by atoms with Gasteiger partial charge in [-0.3, -0.25) is 0 Å². The second kappa shape index (κ2) is 9.72. The van der Waals surface area contributed by atoms with Crippen LogP contribution >= 0.6 is 0 Å². The van der Waals surface area contributed by atoms with E-state index in [1.807, 2.05) is 56.3 Å². The van der Waals surface area contributed by atoms with Gasteiger partial charge in [0.2, 0.25) is 0 Å². The maximum absolute atomic E-state index is 12.2. The highest BCUT2D eigenvalue weighted by Gasteiger charge is 2.12. The minimum atomic E-state index is -0.0612. The number of nitrogens with one attached hydrogen (secondary N) is 1. The number of urea groups is 1. The van der Waals surface area contributed by atoms with Crippen molar-refractivity contribution in [3.05, 3.63) is 65.7 Å². The van der Waals surface area contributed by atoms with E-state index in [4.69, 9.17) is 4.74 Å². The molecule has 0 aliphatic rings. The van der Waals surface area contributed by atoms with Crippen LogP contribution < -0.4 is 10.1 Å². The molecule has 1 N–H and O–H groups in total. The average Bonchev–Trinajstić information content (AvgIpc) is 2.62.